The third kappa shape index (κ3) is 2.94. The van der Waals surface area contributed by atoms with Crippen LogP contribution in [0.25, 0.3) is 11.4 Å². The van der Waals surface area contributed by atoms with Gasteiger partial charge < -0.3 is 15.0 Å². The van der Waals surface area contributed by atoms with Gasteiger partial charge in [0.15, 0.2) is 5.82 Å². The Morgan fingerprint density at radius 1 is 1.35 bits per heavy atom. The van der Waals surface area contributed by atoms with E-state index in [4.69, 9.17) is 5.11 Å². The maximum atomic E-state index is 12.2. The number of amides is 1. The molecule has 1 aromatic heterocycles. The Kier molecular flexibility index (Phi) is 4.10. The molecule has 1 aromatic carbocycles. The van der Waals surface area contributed by atoms with Crippen LogP contribution in [0, 0.1) is 11.8 Å². The molecule has 0 saturated heterocycles. The number of hydrogen-bond acceptors (Lipinski definition) is 4. The quantitative estimate of drug-likeness (QED) is 0.880. The molecule has 1 saturated carbocycles. The molecule has 2 atom stereocenters. The van der Waals surface area contributed by atoms with E-state index in [1.54, 1.807) is 12.4 Å². The van der Waals surface area contributed by atoms with E-state index in [0.717, 1.165) is 17.9 Å². The Morgan fingerprint density at radius 3 is 2.78 bits per heavy atom. The molecule has 3 rings (SSSR count). The number of carboxylic acid groups (broad SMARTS) is 1. The summed E-state index contributed by atoms with van der Waals surface area (Å²) >= 11 is 0. The van der Waals surface area contributed by atoms with E-state index >= 15 is 0 Å². The number of aliphatic carboxylic acids is 1. The van der Waals surface area contributed by atoms with Gasteiger partial charge in [-0.3, -0.25) is 9.59 Å². The van der Waals surface area contributed by atoms with Crippen molar-refractivity contribution in [2.24, 2.45) is 11.8 Å². The number of benzene rings is 1. The maximum Gasteiger partial charge on any atom is 0.307 e. The zero-order valence-electron chi connectivity index (χ0n) is 12.8. The minimum absolute atomic E-state index is 0.238. The molecule has 120 valence electrons. The summed E-state index contributed by atoms with van der Waals surface area (Å²) in [6.07, 6.45) is 2.84. The van der Waals surface area contributed by atoms with Gasteiger partial charge >= 0.3 is 5.97 Å². The standard InChI is InChI=1S/C16H18N4O3/c1-2-20-9-17-19-14(20)10-4-3-5-11(8-10)18-15(21)12-6-7-13(12)16(22)23/h3-5,8-9,12-13H,2,6-7H2,1H3,(H,18,21)(H,22,23). The molecule has 2 N–H and O–H groups in total. The van der Waals surface area contributed by atoms with Gasteiger partial charge in [0.2, 0.25) is 5.91 Å². The summed E-state index contributed by atoms with van der Waals surface area (Å²) in [5.74, 6) is -1.42. The zero-order chi connectivity index (χ0) is 16.4. The van der Waals surface area contributed by atoms with Gasteiger partial charge in [-0.1, -0.05) is 12.1 Å². The van der Waals surface area contributed by atoms with Crippen molar-refractivity contribution in [3.8, 4) is 11.4 Å². The average molecular weight is 314 g/mol. The first kappa shape index (κ1) is 15.2. The highest BCUT2D eigenvalue weighted by atomic mass is 16.4. The first-order valence-electron chi connectivity index (χ1n) is 7.62. The van der Waals surface area contributed by atoms with Crippen molar-refractivity contribution in [2.75, 3.05) is 5.32 Å². The van der Waals surface area contributed by atoms with Crippen molar-refractivity contribution in [1.82, 2.24) is 14.8 Å². The first-order chi connectivity index (χ1) is 11.1. The van der Waals surface area contributed by atoms with Crippen molar-refractivity contribution < 1.29 is 14.7 Å². The van der Waals surface area contributed by atoms with Crippen molar-refractivity contribution in [3.05, 3.63) is 30.6 Å². The topological polar surface area (TPSA) is 97.1 Å². The molecule has 23 heavy (non-hydrogen) atoms. The molecule has 7 nitrogen and oxygen atoms in total. The number of aromatic nitrogens is 3. The Balaban J connectivity index is 1.76. The molecule has 0 aliphatic heterocycles. The first-order valence-corrected chi connectivity index (χ1v) is 7.62. The van der Waals surface area contributed by atoms with E-state index in [0.29, 0.717) is 18.5 Å². The summed E-state index contributed by atoms with van der Waals surface area (Å²) in [4.78, 5) is 23.3. The highest BCUT2D eigenvalue weighted by Gasteiger charge is 2.41. The Labute approximate surface area is 133 Å². The van der Waals surface area contributed by atoms with Gasteiger partial charge in [-0.2, -0.15) is 0 Å². The van der Waals surface area contributed by atoms with Gasteiger partial charge in [-0.15, -0.1) is 10.2 Å². The molecule has 2 unspecified atom stereocenters. The Bertz CT molecular complexity index is 740. The number of hydrogen-bond donors (Lipinski definition) is 2. The van der Waals surface area contributed by atoms with Crippen molar-refractivity contribution in [2.45, 2.75) is 26.3 Å². The summed E-state index contributed by atoms with van der Waals surface area (Å²) in [6.45, 7) is 2.75. The predicted molar refractivity (Wildman–Crippen MR) is 83.6 cm³/mol. The van der Waals surface area contributed by atoms with Gasteiger partial charge in [-0.25, -0.2) is 0 Å². The van der Waals surface area contributed by atoms with Crippen LogP contribution < -0.4 is 5.32 Å². The van der Waals surface area contributed by atoms with Crippen LogP contribution in [0.5, 0.6) is 0 Å². The van der Waals surface area contributed by atoms with E-state index in [2.05, 4.69) is 15.5 Å². The van der Waals surface area contributed by atoms with Crippen LogP contribution in [0.4, 0.5) is 5.69 Å². The molecule has 0 radical (unpaired) electrons. The number of aryl methyl sites for hydroxylation is 1. The molecule has 0 bridgehead atoms. The number of carbonyl (C=O) groups excluding carboxylic acids is 1. The van der Waals surface area contributed by atoms with Gasteiger partial charge in [0.1, 0.15) is 6.33 Å². The zero-order valence-corrected chi connectivity index (χ0v) is 12.8. The molecule has 2 aromatic rings. The SMILES string of the molecule is CCn1cnnc1-c1cccc(NC(=O)C2CCC2C(=O)O)c1. The minimum atomic E-state index is -0.902. The molecule has 1 heterocycles. The minimum Gasteiger partial charge on any atom is -0.481 e. The predicted octanol–water partition coefficient (Wildman–Crippen LogP) is 2.01. The van der Waals surface area contributed by atoms with Crippen LogP contribution >= 0.6 is 0 Å². The van der Waals surface area contributed by atoms with Crippen LogP contribution in [-0.2, 0) is 16.1 Å². The highest BCUT2D eigenvalue weighted by molar-refractivity contribution is 5.96. The van der Waals surface area contributed by atoms with E-state index in [1.165, 1.54) is 0 Å². The lowest BCUT2D eigenvalue weighted by Gasteiger charge is -2.31. The van der Waals surface area contributed by atoms with Crippen LogP contribution in [0.3, 0.4) is 0 Å². The van der Waals surface area contributed by atoms with E-state index in [-0.39, 0.29) is 5.91 Å². The number of anilines is 1. The second-order valence-corrected chi connectivity index (χ2v) is 5.64. The van der Waals surface area contributed by atoms with Gasteiger partial charge in [0, 0.05) is 17.8 Å². The van der Waals surface area contributed by atoms with Crippen molar-refractivity contribution in [1.29, 1.82) is 0 Å². The number of rotatable bonds is 5. The smallest absolute Gasteiger partial charge is 0.307 e. The maximum absolute atomic E-state index is 12.2. The number of carbonyl (C=O) groups is 2. The fourth-order valence-corrected chi connectivity index (χ4v) is 2.79. The molecule has 1 fully saturated rings. The molecular formula is C16H18N4O3. The van der Waals surface area contributed by atoms with E-state index in [9.17, 15) is 9.59 Å². The summed E-state index contributed by atoms with van der Waals surface area (Å²) < 4.78 is 1.91. The van der Waals surface area contributed by atoms with Crippen LogP contribution in [0.2, 0.25) is 0 Å². The summed E-state index contributed by atoms with van der Waals surface area (Å²) in [5.41, 5.74) is 1.49. The lowest BCUT2D eigenvalue weighted by molar-refractivity contribution is -0.151. The Morgan fingerprint density at radius 2 is 2.13 bits per heavy atom. The van der Waals surface area contributed by atoms with E-state index in [1.807, 2.05) is 29.7 Å². The van der Waals surface area contributed by atoms with Gasteiger partial charge in [0.25, 0.3) is 0 Å². The number of nitrogens with one attached hydrogen (secondary N) is 1. The average Bonchev–Trinajstić information content (AvgIpc) is 2.94. The van der Waals surface area contributed by atoms with Crippen molar-refractivity contribution >= 4 is 17.6 Å². The van der Waals surface area contributed by atoms with Crippen LogP contribution in [-0.4, -0.2) is 31.7 Å². The van der Waals surface area contributed by atoms with Crippen LogP contribution in [0.15, 0.2) is 30.6 Å². The highest BCUT2D eigenvalue weighted by Crippen LogP contribution is 2.35. The molecule has 1 aliphatic carbocycles. The van der Waals surface area contributed by atoms with E-state index < -0.39 is 17.8 Å². The molecule has 1 amide bonds. The summed E-state index contributed by atoms with van der Waals surface area (Å²) in [5, 5.41) is 19.9. The van der Waals surface area contributed by atoms with Gasteiger partial charge in [-0.05, 0) is 31.9 Å². The second-order valence-electron chi connectivity index (χ2n) is 5.64. The largest absolute Gasteiger partial charge is 0.481 e. The van der Waals surface area contributed by atoms with Crippen molar-refractivity contribution in [3.63, 3.8) is 0 Å². The third-order valence-electron chi connectivity index (χ3n) is 4.27. The summed E-state index contributed by atoms with van der Waals surface area (Å²) in [7, 11) is 0. The Hall–Kier alpha value is -2.70. The fourth-order valence-electron chi connectivity index (χ4n) is 2.79. The van der Waals surface area contributed by atoms with Crippen LogP contribution in [0.1, 0.15) is 19.8 Å². The third-order valence-corrected chi connectivity index (χ3v) is 4.27. The number of carboxylic acids is 1. The normalized spacial score (nSPS) is 19.9. The molecular weight excluding hydrogens is 296 g/mol. The number of nitrogens with zero attached hydrogens (tertiary/aromatic N) is 3. The molecule has 1 aliphatic rings. The second kappa shape index (κ2) is 6.20. The molecule has 7 heteroatoms. The monoisotopic (exact) mass is 314 g/mol. The fraction of sp³-hybridized carbons (Fsp3) is 0.375. The lowest BCUT2D eigenvalue weighted by Crippen LogP contribution is -2.41. The summed E-state index contributed by atoms with van der Waals surface area (Å²) in [6, 6.07) is 7.33. The molecule has 0 spiro atoms. The van der Waals surface area contributed by atoms with Gasteiger partial charge in [0.05, 0.1) is 11.8 Å². The lowest BCUT2D eigenvalue weighted by atomic mass is 9.73.